The van der Waals surface area contributed by atoms with Gasteiger partial charge < -0.3 is 4.52 Å². The van der Waals surface area contributed by atoms with Crippen LogP contribution in [-0.4, -0.2) is 22.1 Å². The quantitative estimate of drug-likeness (QED) is 0.698. The fraction of sp³-hybridized carbons (Fsp3) is 0.250. The Labute approximate surface area is 136 Å². The molecule has 0 spiro atoms. The lowest BCUT2D eigenvalue weighted by Gasteiger charge is -2.21. The van der Waals surface area contributed by atoms with Crippen LogP contribution in [0.25, 0.3) is 10.7 Å². The Morgan fingerprint density at radius 3 is 2.83 bits per heavy atom. The molecular weight excluding hydrogens is 320 g/mol. The normalized spacial score (nSPS) is 12.7. The first-order valence-electron chi connectivity index (χ1n) is 7.06. The SMILES string of the molecule is CC(c1nc(-c2cccs2)no1)N(C)Cc1ccc(F)cc1F. The molecule has 0 saturated heterocycles. The van der Waals surface area contributed by atoms with Crippen LogP contribution in [0.5, 0.6) is 0 Å². The third-order valence-corrected chi connectivity index (χ3v) is 4.50. The predicted molar refractivity (Wildman–Crippen MR) is 83.9 cm³/mol. The first-order valence-corrected chi connectivity index (χ1v) is 7.94. The van der Waals surface area contributed by atoms with Gasteiger partial charge in [0.25, 0.3) is 0 Å². The van der Waals surface area contributed by atoms with Crippen molar-refractivity contribution >= 4 is 11.3 Å². The lowest BCUT2D eigenvalue weighted by molar-refractivity contribution is 0.200. The maximum atomic E-state index is 13.7. The molecule has 0 aliphatic rings. The summed E-state index contributed by atoms with van der Waals surface area (Å²) in [6.07, 6.45) is 0. The largest absolute Gasteiger partial charge is 0.337 e. The average molecular weight is 335 g/mol. The zero-order chi connectivity index (χ0) is 16.4. The van der Waals surface area contributed by atoms with Crippen LogP contribution in [0.2, 0.25) is 0 Å². The Bertz CT molecular complexity index is 788. The van der Waals surface area contributed by atoms with Gasteiger partial charge in [-0.25, -0.2) is 8.78 Å². The second kappa shape index (κ2) is 6.55. The van der Waals surface area contributed by atoms with E-state index in [0.29, 0.717) is 23.8 Å². The van der Waals surface area contributed by atoms with E-state index < -0.39 is 11.6 Å². The molecule has 1 atom stereocenters. The Hall–Kier alpha value is -2.12. The van der Waals surface area contributed by atoms with E-state index in [1.165, 1.54) is 23.5 Å². The van der Waals surface area contributed by atoms with Crippen LogP contribution >= 0.6 is 11.3 Å². The molecule has 0 aliphatic carbocycles. The van der Waals surface area contributed by atoms with Gasteiger partial charge in [0.1, 0.15) is 11.6 Å². The van der Waals surface area contributed by atoms with Crippen LogP contribution < -0.4 is 0 Å². The summed E-state index contributed by atoms with van der Waals surface area (Å²) in [5, 5.41) is 5.91. The highest BCUT2D eigenvalue weighted by Crippen LogP contribution is 2.25. The highest BCUT2D eigenvalue weighted by atomic mass is 32.1. The molecular formula is C16H15F2N3OS. The number of rotatable bonds is 5. The second-order valence-electron chi connectivity index (χ2n) is 5.26. The second-order valence-corrected chi connectivity index (χ2v) is 6.21. The van der Waals surface area contributed by atoms with Gasteiger partial charge in [-0.1, -0.05) is 17.3 Å². The maximum absolute atomic E-state index is 13.7. The van der Waals surface area contributed by atoms with Crippen molar-refractivity contribution in [2.75, 3.05) is 7.05 Å². The number of benzene rings is 1. The summed E-state index contributed by atoms with van der Waals surface area (Å²) in [5.74, 6) is -0.144. The van der Waals surface area contributed by atoms with E-state index in [0.717, 1.165) is 10.9 Å². The minimum atomic E-state index is -0.584. The Morgan fingerprint density at radius 1 is 1.30 bits per heavy atom. The van der Waals surface area contributed by atoms with Crippen molar-refractivity contribution in [1.82, 2.24) is 15.0 Å². The molecule has 0 N–H and O–H groups in total. The molecule has 1 aromatic carbocycles. The molecule has 3 rings (SSSR count). The number of thiophene rings is 1. The Balaban J connectivity index is 1.73. The summed E-state index contributed by atoms with van der Waals surface area (Å²) in [6.45, 7) is 2.21. The number of hydrogen-bond acceptors (Lipinski definition) is 5. The van der Waals surface area contributed by atoms with Gasteiger partial charge in [-0.05, 0) is 31.5 Å². The molecule has 2 heterocycles. The maximum Gasteiger partial charge on any atom is 0.244 e. The molecule has 3 aromatic rings. The fourth-order valence-electron chi connectivity index (χ4n) is 2.15. The van der Waals surface area contributed by atoms with E-state index in [1.54, 1.807) is 0 Å². The summed E-state index contributed by atoms with van der Waals surface area (Å²) < 4.78 is 32.0. The minimum absolute atomic E-state index is 0.194. The van der Waals surface area contributed by atoms with Gasteiger partial charge in [-0.3, -0.25) is 4.90 Å². The van der Waals surface area contributed by atoms with Crippen molar-refractivity contribution < 1.29 is 13.3 Å². The van der Waals surface area contributed by atoms with E-state index >= 15 is 0 Å². The van der Waals surface area contributed by atoms with Gasteiger partial charge in [0.15, 0.2) is 0 Å². The molecule has 120 valence electrons. The first-order chi connectivity index (χ1) is 11.0. The molecule has 0 radical (unpaired) electrons. The van der Waals surface area contributed by atoms with E-state index in [2.05, 4.69) is 10.1 Å². The highest BCUT2D eigenvalue weighted by molar-refractivity contribution is 7.13. The highest BCUT2D eigenvalue weighted by Gasteiger charge is 2.20. The van der Waals surface area contributed by atoms with Crippen molar-refractivity contribution in [3.8, 4) is 10.7 Å². The van der Waals surface area contributed by atoms with Gasteiger partial charge >= 0.3 is 0 Å². The summed E-state index contributed by atoms with van der Waals surface area (Å²) >= 11 is 1.53. The molecule has 0 saturated carbocycles. The smallest absolute Gasteiger partial charge is 0.244 e. The minimum Gasteiger partial charge on any atom is -0.337 e. The topological polar surface area (TPSA) is 42.2 Å². The van der Waals surface area contributed by atoms with Crippen LogP contribution in [0.3, 0.4) is 0 Å². The van der Waals surface area contributed by atoms with Crippen LogP contribution in [0.4, 0.5) is 8.78 Å². The third-order valence-electron chi connectivity index (χ3n) is 3.64. The van der Waals surface area contributed by atoms with E-state index in [1.807, 2.05) is 36.4 Å². The van der Waals surface area contributed by atoms with Crippen molar-refractivity contribution in [3.63, 3.8) is 0 Å². The molecule has 23 heavy (non-hydrogen) atoms. The number of halogens is 2. The predicted octanol–water partition coefficient (Wildman–Crippen LogP) is 4.27. The Morgan fingerprint density at radius 2 is 2.13 bits per heavy atom. The molecule has 4 nitrogen and oxygen atoms in total. The first kappa shape index (κ1) is 15.8. The third kappa shape index (κ3) is 3.46. The van der Waals surface area contributed by atoms with Crippen molar-refractivity contribution in [3.05, 3.63) is 58.8 Å². The zero-order valence-corrected chi connectivity index (χ0v) is 13.5. The lowest BCUT2D eigenvalue weighted by atomic mass is 10.1. The number of nitrogens with zero attached hydrogens (tertiary/aromatic N) is 3. The van der Waals surface area contributed by atoms with Crippen LogP contribution in [0.15, 0.2) is 40.2 Å². The fourth-order valence-corrected chi connectivity index (χ4v) is 2.80. The molecule has 7 heteroatoms. The van der Waals surface area contributed by atoms with Gasteiger partial charge in [-0.2, -0.15) is 4.98 Å². The van der Waals surface area contributed by atoms with Gasteiger partial charge in [-0.15, -0.1) is 11.3 Å². The van der Waals surface area contributed by atoms with E-state index in [4.69, 9.17) is 4.52 Å². The van der Waals surface area contributed by atoms with Gasteiger partial charge in [0, 0.05) is 18.2 Å². The molecule has 0 bridgehead atoms. The number of aromatic nitrogens is 2. The molecule has 0 fully saturated rings. The zero-order valence-electron chi connectivity index (χ0n) is 12.7. The van der Waals surface area contributed by atoms with Crippen LogP contribution in [0.1, 0.15) is 24.4 Å². The number of hydrogen-bond donors (Lipinski definition) is 0. The molecule has 2 aromatic heterocycles. The summed E-state index contributed by atoms with van der Waals surface area (Å²) in [7, 11) is 1.82. The standard InChI is InChI=1S/C16H15F2N3OS/c1-10(16-19-15(20-22-16)14-4-3-7-23-14)21(2)9-11-5-6-12(17)8-13(11)18/h3-8,10H,9H2,1-2H3. The average Bonchev–Trinajstić information content (AvgIpc) is 3.19. The van der Waals surface area contributed by atoms with Crippen molar-refractivity contribution in [2.24, 2.45) is 0 Å². The summed E-state index contributed by atoms with van der Waals surface area (Å²) in [6, 6.07) is 7.22. The lowest BCUT2D eigenvalue weighted by Crippen LogP contribution is -2.22. The summed E-state index contributed by atoms with van der Waals surface area (Å²) in [5.41, 5.74) is 0.416. The van der Waals surface area contributed by atoms with E-state index in [-0.39, 0.29) is 6.04 Å². The molecule has 1 unspecified atom stereocenters. The molecule has 0 amide bonds. The van der Waals surface area contributed by atoms with Crippen LogP contribution in [-0.2, 0) is 6.54 Å². The molecule has 0 aliphatic heterocycles. The monoisotopic (exact) mass is 335 g/mol. The van der Waals surface area contributed by atoms with Crippen molar-refractivity contribution in [2.45, 2.75) is 19.5 Å². The van der Waals surface area contributed by atoms with Gasteiger partial charge in [0.05, 0.1) is 10.9 Å². The van der Waals surface area contributed by atoms with Crippen LogP contribution in [0, 0.1) is 11.6 Å². The Kier molecular flexibility index (Phi) is 4.49. The van der Waals surface area contributed by atoms with E-state index in [9.17, 15) is 8.78 Å². The summed E-state index contributed by atoms with van der Waals surface area (Å²) in [4.78, 5) is 7.18. The van der Waals surface area contributed by atoms with Crippen molar-refractivity contribution in [1.29, 1.82) is 0 Å². The van der Waals surface area contributed by atoms with Gasteiger partial charge in [0.2, 0.25) is 11.7 Å².